The first-order valence-corrected chi connectivity index (χ1v) is 5.71. The topological polar surface area (TPSA) is 55.1 Å². The zero-order valence-corrected chi connectivity index (χ0v) is 10.4. The van der Waals surface area contributed by atoms with Crippen LogP contribution in [-0.4, -0.2) is 19.6 Å². The molecule has 1 aromatic carbocycles. The van der Waals surface area contributed by atoms with Crippen molar-refractivity contribution < 1.29 is 13.2 Å². The van der Waals surface area contributed by atoms with Gasteiger partial charge in [-0.05, 0) is 12.1 Å². The Kier molecular flexibility index (Phi) is 2.94. The average molecular weight is 300 g/mol. The molecule has 1 N–H and O–H groups in total. The van der Waals surface area contributed by atoms with Gasteiger partial charge in [0.15, 0.2) is 17.5 Å². The van der Waals surface area contributed by atoms with E-state index in [4.69, 9.17) is 11.6 Å². The molecule has 2 heterocycles. The molecule has 0 saturated heterocycles. The maximum absolute atomic E-state index is 13.6. The molecule has 5 nitrogen and oxygen atoms in total. The second-order valence-electron chi connectivity index (χ2n) is 3.78. The summed E-state index contributed by atoms with van der Waals surface area (Å²) in [6.45, 7) is 0. The van der Waals surface area contributed by atoms with Crippen LogP contribution in [0.15, 0.2) is 24.5 Å². The number of benzene rings is 1. The van der Waals surface area contributed by atoms with Crippen molar-refractivity contribution in [3.63, 3.8) is 0 Å². The minimum Gasteiger partial charge on any atom is -0.337 e. The van der Waals surface area contributed by atoms with Crippen molar-refractivity contribution in [3.8, 4) is 0 Å². The Balaban J connectivity index is 2.10. The van der Waals surface area contributed by atoms with Gasteiger partial charge < -0.3 is 5.32 Å². The summed E-state index contributed by atoms with van der Waals surface area (Å²) < 4.78 is 40.9. The Labute approximate surface area is 115 Å². The molecule has 2 aromatic heterocycles. The Morgan fingerprint density at radius 3 is 2.75 bits per heavy atom. The number of nitrogens with zero attached hydrogens (tertiary/aromatic N) is 4. The van der Waals surface area contributed by atoms with Crippen LogP contribution in [-0.2, 0) is 0 Å². The van der Waals surface area contributed by atoms with Crippen LogP contribution in [0.5, 0.6) is 0 Å². The Hall–Kier alpha value is -2.35. The fourth-order valence-electron chi connectivity index (χ4n) is 1.63. The predicted molar refractivity (Wildman–Crippen MR) is 65.4 cm³/mol. The molecule has 3 aromatic rings. The SMILES string of the molecule is Fc1ccc(Nc2cc(Cl)nc3ncnn23)c(F)c1F. The van der Waals surface area contributed by atoms with Gasteiger partial charge in [-0.1, -0.05) is 11.6 Å². The number of halogens is 4. The van der Waals surface area contributed by atoms with Crippen LogP contribution in [0, 0.1) is 17.5 Å². The monoisotopic (exact) mass is 299 g/mol. The summed E-state index contributed by atoms with van der Waals surface area (Å²) in [5.74, 6) is -3.78. The third-order valence-corrected chi connectivity index (χ3v) is 2.71. The number of anilines is 2. The van der Waals surface area contributed by atoms with Gasteiger partial charge in [0.25, 0.3) is 5.78 Å². The second kappa shape index (κ2) is 4.64. The van der Waals surface area contributed by atoms with E-state index in [1.807, 2.05) is 0 Å². The molecule has 0 spiro atoms. The lowest BCUT2D eigenvalue weighted by molar-refractivity contribution is 0.449. The van der Waals surface area contributed by atoms with Gasteiger partial charge in [0.05, 0.1) is 5.69 Å². The van der Waals surface area contributed by atoms with E-state index < -0.39 is 17.5 Å². The summed E-state index contributed by atoms with van der Waals surface area (Å²) in [5, 5.41) is 6.52. The molecule has 0 aliphatic heterocycles. The van der Waals surface area contributed by atoms with Crippen LogP contribution in [0.1, 0.15) is 0 Å². The Morgan fingerprint density at radius 2 is 1.95 bits per heavy atom. The van der Waals surface area contributed by atoms with Crippen molar-refractivity contribution in [2.45, 2.75) is 0 Å². The summed E-state index contributed by atoms with van der Waals surface area (Å²) in [5.41, 5.74) is -0.261. The second-order valence-corrected chi connectivity index (χ2v) is 4.17. The maximum atomic E-state index is 13.6. The predicted octanol–water partition coefficient (Wildman–Crippen LogP) is 2.94. The van der Waals surface area contributed by atoms with E-state index in [0.717, 1.165) is 12.1 Å². The highest BCUT2D eigenvalue weighted by Gasteiger charge is 2.15. The standard InChI is InChI=1S/C11H5ClF3N5/c12-7-3-8(20-11(19-7)16-4-17-20)18-6-2-1-5(13)9(14)10(6)15/h1-4,18H. The number of hydrogen-bond acceptors (Lipinski definition) is 4. The van der Waals surface area contributed by atoms with Gasteiger partial charge in [-0.15, -0.1) is 0 Å². The van der Waals surface area contributed by atoms with E-state index in [2.05, 4.69) is 20.4 Å². The number of aromatic nitrogens is 4. The minimum atomic E-state index is -1.56. The lowest BCUT2D eigenvalue weighted by Gasteiger charge is -2.09. The van der Waals surface area contributed by atoms with E-state index in [1.54, 1.807) is 0 Å². The number of nitrogens with one attached hydrogen (secondary N) is 1. The molecule has 20 heavy (non-hydrogen) atoms. The van der Waals surface area contributed by atoms with E-state index in [0.29, 0.717) is 0 Å². The molecule has 0 atom stereocenters. The van der Waals surface area contributed by atoms with Gasteiger partial charge >= 0.3 is 0 Å². The van der Waals surface area contributed by atoms with Crippen molar-refractivity contribution in [2.24, 2.45) is 0 Å². The molecule has 0 fully saturated rings. The molecule has 0 unspecified atom stereocenters. The zero-order valence-electron chi connectivity index (χ0n) is 9.61. The third-order valence-electron chi connectivity index (χ3n) is 2.52. The molecule has 0 radical (unpaired) electrons. The van der Waals surface area contributed by atoms with Crippen molar-refractivity contribution in [3.05, 3.63) is 47.1 Å². The van der Waals surface area contributed by atoms with Gasteiger partial charge in [0, 0.05) is 6.07 Å². The van der Waals surface area contributed by atoms with Gasteiger partial charge in [-0.2, -0.15) is 19.6 Å². The summed E-state index contributed by atoms with van der Waals surface area (Å²) >= 11 is 5.78. The summed E-state index contributed by atoms with van der Waals surface area (Å²) in [4.78, 5) is 7.70. The highest BCUT2D eigenvalue weighted by atomic mass is 35.5. The molecule has 3 rings (SSSR count). The Morgan fingerprint density at radius 1 is 1.15 bits per heavy atom. The molecule has 0 aliphatic carbocycles. The van der Waals surface area contributed by atoms with Crippen molar-refractivity contribution in [1.29, 1.82) is 0 Å². The summed E-state index contributed by atoms with van der Waals surface area (Å²) in [7, 11) is 0. The first kappa shape index (κ1) is 12.7. The first-order valence-electron chi connectivity index (χ1n) is 5.33. The smallest absolute Gasteiger partial charge is 0.255 e. The maximum Gasteiger partial charge on any atom is 0.255 e. The van der Waals surface area contributed by atoms with E-state index in [1.165, 1.54) is 16.9 Å². The van der Waals surface area contributed by atoms with Crippen molar-refractivity contribution in [1.82, 2.24) is 19.6 Å². The van der Waals surface area contributed by atoms with Crippen LogP contribution >= 0.6 is 11.6 Å². The molecule has 0 bridgehead atoms. The molecule has 102 valence electrons. The summed E-state index contributed by atoms with van der Waals surface area (Å²) in [6, 6.07) is 3.22. The Bertz CT molecular complexity index is 804. The van der Waals surface area contributed by atoms with Gasteiger partial charge in [-0.25, -0.2) is 13.2 Å². The van der Waals surface area contributed by atoms with E-state index in [-0.39, 0.29) is 22.4 Å². The molecule has 0 amide bonds. The van der Waals surface area contributed by atoms with Crippen molar-refractivity contribution in [2.75, 3.05) is 5.32 Å². The van der Waals surface area contributed by atoms with E-state index >= 15 is 0 Å². The molecule has 0 aliphatic rings. The molecule has 0 saturated carbocycles. The molecular weight excluding hydrogens is 295 g/mol. The molecule has 9 heteroatoms. The number of hydrogen-bond donors (Lipinski definition) is 1. The van der Waals surface area contributed by atoms with Crippen LogP contribution in [0.25, 0.3) is 5.78 Å². The largest absolute Gasteiger partial charge is 0.337 e. The lowest BCUT2D eigenvalue weighted by atomic mass is 10.3. The van der Waals surface area contributed by atoms with Crippen molar-refractivity contribution >= 4 is 28.9 Å². The average Bonchev–Trinajstić information content (AvgIpc) is 2.87. The quantitative estimate of drug-likeness (QED) is 0.584. The van der Waals surface area contributed by atoms with Gasteiger partial charge in [-0.3, -0.25) is 0 Å². The highest BCUT2D eigenvalue weighted by Crippen LogP contribution is 2.24. The first-order chi connectivity index (χ1) is 9.56. The van der Waals surface area contributed by atoms with E-state index in [9.17, 15) is 13.2 Å². The molecular formula is C11H5ClF3N5. The van der Waals surface area contributed by atoms with Crippen LogP contribution in [0.4, 0.5) is 24.7 Å². The number of fused-ring (bicyclic) bond motifs is 1. The normalized spacial score (nSPS) is 11.0. The third kappa shape index (κ3) is 2.03. The fourth-order valence-corrected chi connectivity index (χ4v) is 1.81. The van der Waals surface area contributed by atoms with Gasteiger partial charge in [0.1, 0.15) is 17.3 Å². The van der Waals surface area contributed by atoms with Crippen LogP contribution < -0.4 is 5.32 Å². The summed E-state index contributed by atoms with van der Waals surface area (Å²) in [6.07, 6.45) is 1.23. The zero-order chi connectivity index (χ0) is 14.3. The van der Waals surface area contributed by atoms with Crippen LogP contribution in [0.2, 0.25) is 5.15 Å². The van der Waals surface area contributed by atoms with Gasteiger partial charge in [0.2, 0.25) is 0 Å². The van der Waals surface area contributed by atoms with Crippen LogP contribution in [0.3, 0.4) is 0 Å². The highest BCUT2D eigenvalue weighted by molar-refractivity contribution is 6.29. The fraction of sp³-hybridized carbons (Fsp3) is 0. The number of rotatable bonds is 2. The lowest BCUT2D eigenvalue weighted by Crippen LogP contribution is -2.04. The minimum absolute atomic E-state index is 0.0935.